The lowest BCUT2D eigenvalue weighted by Crippen LogP contribution is -2.56. The number of amides is 3. The molecule has 0 fully saturated rings. The SMILES string of the molecule is CCCC(C)NC(=O)C(c1ccccc1O)N(C(=O)C(CCSC)NC(=O)OC(C)(C)C)C(C)CC. The van der Waals surface area contributed by atoms with Crippen molar-refractivity contribution in [1.82, 2.24) is 15.5 Å². The van der Waals surface area contributed by atoms with Crippen molar-refractivity contribution in [2.75, 3.05) is 12.0 Å². The van der Waals surface area contributed by atoms with Gasteiger partial charge >= 0.3 is 6.09 Å². The Kier molecular flexibility index (Phi) is 13.1. The van der Waals surface area contributed by atoms with Crippen molar-refractivity contribution in [2.24, 2.45) is 0 Å². The van der Waals surface area contributed by atoms with E-state index in [1.807, 2.05) is 34.0 Å². The van der Waals surface area contributed by atoms with E-state index in [-0.39, 0.29) is 23.7 Å². The zero-order valence-electron chi connectivity index (χ0n) is 23.1. The quantitative estimate of drug-likeness (QED) is 0.335. The summed E-state index contributed by atoms with van der Waals surface area (Å²) in [5, 5.41) is 16.4. The molecule has 0 saturated carbocycles. The van der Waals surface area contributed by atoms with E-state index >= 15 is 0 Å². The first-order valence-corrected chi connectivity index (χ1v) is 14.1. The van der Waals surface area contributed by atoms with Gasteiger partial charge in [0.25, 0.3) is 0 Å². The average molecular weight is 524 g/mol. The fourth-order valence-corrected chi connectivity index (χ4v) is 4.35. The zero-order valence-corrected chi connectivity index (χ0v) is 23.9. The Morgan fingerprint density at radius 3 is 2.25 bits per heavy atom. The number of para-hydroxylation sites is 1. The molecule has 4 unspecified atom stereocenters. The van der Waals surface area contributed by atoms with Gasteiger partial charge in [-0.1, -0.05) is 38.5 Å². The highest BCUT2D eigenvalue weighted by atomic mass is 32.2. The molecule has 204 valence electrons. The second kappa shape index (κ2) is 15.0. The molecule has 3 amide bonds. The number of benzene rings is 1. The zero-order chi connectivity index (χ0) is 27.5. The molecule has 0 aromatic heterocycles. The number of thioether (sulfide) groups is 1. The molecular formula is C27H45N3O5S. The minimum Gasteiger partial charge on any atom is -0.508 e. The number of phenolic OH excluding ortho intramolecular Hbond substituents is 1. The van der Waals surface area contributed by atoms with Gasteiger partial charge in [-0.25, -0.2) is 4.79 Å². The van der Waals surface area contributed by atoms with Crippen molar-refractivity contribution in [3.63, 3.8) is 0 Å². The molecule has 0 saturated heterocycles. The monoisotopic (exact) mass is 523 g/mol. The van der Waals surface area contributed by atoms with Crippen molar-refractivity contribution in [3.05, 3.63) is 29.8 Å². The van der Waals surface area contributed by atoms with Crippen LogP contribution in [0.25, 0.3) is 0 Å². The van der Waals surface area contributed by atoms with Crippen LogP contribution in [0.5, 0.6) is 5.75 Å². The minimum absolute atomic E-state index is 0.0670. The number of nitrogens with one attached hydrogen (secondary N) is 2. The first-order valence-electron chi connectivity index (χ1n) is 12.7. The van der Waals surface area contributed by atoms with Crippen LogP contribution in [0, 0.1) is 0 Å². The Bertz CT molecular complexity index is 858. The molecule has 9 heteroatoms. The number of hydrogen-bond acceptors (Lipinski definition) is 6. The topological polar surface area (TPSA) is 108 Å². The number of rotatable bonds is 13. The molecule has 0 radical (unpaired) electrons. The number of alkyl carbamates (subject to hydrolysis) is 1. The minimum atomic E-state index is -1.06. The molecule has 1 rings (SSSR count). The number of carbonyl (C=O) groups excluding carboxylic acids is 3. The fraction of sp³-hybridized carbons (Fsp3) is 0.667. The molecule has 0 spiro atoms. The second-order valence-corrected chi connectivity index (χ2v) is 11.1. The van der Waals surface area contributed by atoms with Crippen LogP contribution in [0.4, 0.5) is 4.79 Å². The number of phenols is 1. The van der Waals surface area contributed by atoms with Crippen molar-refractivity contribution in [2.45, 2.75) is 104 Å². The van der Waals surface area contributed by atoms with Crippen LogP contribution in [0.1, 0.15) is 85.8 Å². The molecule has 0 bridgehead atoms. The maximum absolute atomic E-state index is 14.1. The van der Waals surface area contributed by atoms with E-state index in [1.54, 1.807) is 50.7 Å². The van der Waals surface area contributed by atoms with E-state index in [4.69, 9.17) is 4.74 Å². The van der Waals surface area contributed by atoms with Gasteiger partial charge in [-0.15, -0.1) is 0 Å². The van der Waals surface area contributed by atoms with Crippen LogP contribution in [-0.4, -0.2) is 63.6 Å². The largest absolute Gasteiger partial charge is 0.508 e. The summed E-state index contributed by atoms with van der Waals surface area (Å²) in [5.41, 5.74) is -0.380. The van der Waals surface area contributed by atoms with Crippen LogP contribution in [0.15, 0.2) is 24.3 Å². The van der Waals surface area contributed by atoms with Gasteiger partial charge in [0.15, 0.2) is 0 Å². The van der Waals surface area contributed by atoms with Crippen LogP contribution >= 0.6 is 11.8 Å². The summed E-state index contributed by atoms with van der Waals surface area (Å²) >= 11 is 1.56. The lowest BCUT2D eigenvalue weighted by atomic mass is 9.98. The highest BCUT2D eigenvalue weighted by Crippen LogP contribution is 2.32. The highest BCUT2D eigenvalue weighted by molar-refractivity contribution is 7.98. The van der Waals surface area contributed by atoms with E-state index in [2.05, 4.69) is 10.6 Å². The lowest BCUT2D eigenvalue weighted by Gasteiger charge is -2.38. The Morgan fingerprint density at radius 1 is 1.08 bits per heavy atom. The molecular weight excluding hydrogens is 478 g/mol. The summed E-state index contributed by atoms with van der Waals surface area (Å²) in [5.74, 6) is -0.202. The van der Waals surface area contributed by atoms with Crippen molar-refractivity contribution in [1.29, 1.82) is 0 Å². The maximum Gasteiger partial charge on any atom is 0.408 e. The fourth-order valence-electron chi connectivity index (χ4n) is 3.88. The van der Waals surface area contributed by atoms with Gasteiger partial charge in [0.05, 0.1) is 0 Å². The Morgan fingerprint density at radius 2 is 1.72 bits per heavy atom. The maximum atomic E-state index is 14.1. The predicted molar refractivity (Wildman–Crippen MR) is 146 cm³/mol. The van der Waals surface area contributed by atoms with Gasteiger partial charge < -0.3 is 25.4 Å². The molecule has 3 N–H and O–H groups in total. The van der Waals surface area contributed by atoms with Crippen LogP contribution in [-0.2, 0) is 14.3 Å². The van der Waals surface area contributed by atoms with Gasteiger partial charge in [-0.05, 0) is 72.0 Å². The first-order chi connectivity index (χ1) is 16.9. The highest BCUT2D eigenvalue weighted by Gasteiger charge is 2.39. The number of hydrogen-bond donors (Lipinski definition) is 3. The van der Waals surface area contributed by atoms with E-state index in [0.29, 0.717) is 24.2 Å². The summed E-state index contributed by atoms with van der Waals surface area (Å²) in [4.78, 5) is 41.9. The third kappa shape index (κ3) is 9.91. The normalized spacial score (nSPS) is 14.8. The van der Waals surface area contributed by atoms with Crippen LogP contribution < -0.4 is 10.6 Å². The molecule has 1 aromatic rings. The summed E-state index contributed by atoms with van der Waals surface area (Å²) < 4.78 is 5.41. The smallest absolute Gasteiger partial charge is 0.408 e. The first kappa shape index (κ1) is 31.6. The van der Waals surface area contributed by atoms with E-state index in [1.165, 1.54) is 11.0 Å². The van der Waals surface area contributed by atoms with Gasteiger partial charge in [-0.3, -0.25) is 9.59 Å². The molecule has 36 heavy (non-hydrogen) atoms. The molecule has 0 aliphatic rings. The average Bonchev–Trinajstić information content (AvgIpc) is 2.78. The Hall–Kier alpha value is -2.42. The third-order valence-corrected chi connectivity index (χ3v) is 6.43. The molecule has 0 heterocycles. The molecule has 0 aliphatic carbocycles. The van der Waals surface area contributed by atoms with Crippen molar-refractivity contribution < 1.29 is 24.2 Å². The summed E-state index contributed by atoms with van der Waals surface area (Å²) in [6.45, 7) is 13.0. The molecule has 8 nitrogen and oxygen atoms in total. The predicted octanol–water partition coefficient (Wildman–Crippen LogP) is 5.01. The summed E-state index contributed by atoms with van der Waals surface area (Å²) in [6, 6.07) is 4.17. The van der Waals surface area contributed by atoms with E-state index in [0.717, 1.165) is 12.8 Å². The number of nitrogens with zero attached hydrogens (tertiary/aromatic N) is 1. The Balaban J connectivity index is 3.52. The second-order valence-electron chi connectivity index (χ2n) is 10.1. The molecule has 1 aromatic carbocycles. The van der Waals surface area contributed by atoms with Crippen LogP contribution in [0.3, 0.4) is 0 Å². The number of ether oxygens (including phenoxy) is 1. The molecule has 4 atom stereocenters. The Labute approximate surface area is 220 Å². The van der Waals surface area contributed by atoms with Crippen LogP contribution in [0.2, 0.25) is 0 Å². The van der Waals surface area contributed by atoms with Gasteiger partial charge in [0.2, 0.25) is 11.8 Å². The van der Waals surface area contributed by atoms with Crippen molar-refractivity contribution >= 4 is 29.7 Å². The lowest BCUT2D eigenvalue weighted by molar-refractivity contribution is -0.145. The van der Waals surface area contributed by atoms with Gasteiger partial charge in [-0.2, -0.15) is 11.8 Å². The van der Waals surface area contributed by atoms with Gasteiger partial charge in [0, 0.05) is 17.6 Å². The summed E-state index contributed by atoms with van der Waals surface area (Å²) in [6.07, 6.45) is 3.86. The third-order valence-electron chi connectivity index (χ3n) is 5.79. The van der Waals surface area contributed by atoms with Crippen molar-refractivity contribution in [3.8, 4) is 5.75 Å². The summed E-state index contributed by atoms with van der Waals surface area (Å²) in [7, 11) is 0. The van der Waals surface area contributed by atoms with E-state index < -0.39 is 29.7 Å². The van der Waals surface area contributed by atoms with Gasteiger partial charge in [0.1, 0.15) is 23.4 Å². The molecule has 0 aliphatic heterocycles. The standard InChI is InChI=1S/C27H45N3O5S/c1-9-13-18(3)28-24(32)23(20-14-11-12-15-22(20)31)30(19(4)10-2)25(33)21(16-17-36-8)29-26(34)35-27(5,6)7/h11-12,14-15,18-19,21,23,31H,9-10,13,16-17H2,1-8H3,(H,28,32)(H,29,34). The van der Waals surface area contributed by atoms with E-state index in [9.17, 15) is 19.5 Å². The number of aromatic hydroxyl groups is 1. The number of carbonyl (C=O) groups is 3.